The monoisotopic (exact) mass is 275 g/mol. The first kappa shape index (κ1) is 12.6. The van der Waals surface area contributed by atoms with Crippen LogP contribution in [0.3, 0.4) is 0 Å². The number of rotatable bonds is 4. The Balaban J connectivity index is 2.94. The molecule has 1 aromatic rings. The van der Waals surface area contributed by atoms with Crippen LogP contribution in [0.1, 0.15) is 12.5 Å². The summed E-state index contributed by atoms with van der Waals surface area (Å²) in [6, 6.07) is 4.88. The standard InChI is InChI=1S/C11H15BrFNO/c1-11(6-14,7-15)5-8-3-2-4-9(13)10(8)12/h2-4,15H,5-7,14H2,1H3. The third-order valence-electron chi connectivity index (χ3n) is 2.52. The Morgan fingerprint density at radius 1 is 1.53 bits per heavy atom. The van der Waals surface area contributed by atoms with E-state index in [1.54, 1.807) is 6.07 Å². The molecule has 0 saturated heterocycles. The van der Waals surface area contributed by atoms with Crippen LogP contribution in [-0.4, -0.2) is 18.3 Å². The van der Waals surface area contributed by atoms with Gasteiger partial charge in [-0.05, 0) is 34.0 Å². The lowest BCUT2D eigenvalue weighted by Crippen LogP contribution is -2.33. The molecule has 0 spiro atoms. The highest BCUT2D eigenvalue weighted by atomic mass is 79.9. The van der Waals surface area contributed by atoms with Crippen molar-refractivity contribution in [3.63, 3.8) is 0 Å². The molecule has 0 aliphatic heterocycles. The van der Waals surface area contributed by atoms with Crippen LogP contribution in [0.2, 0.25) is 0 Å². The number of benzene rings is 1. The Labute approximate surface area is 97.4 Å². The number of aliphatic hydroxyl groups is 1. The van der Waals surface area contributed by atoms with E-state index in [0.29, 0.717) is 17.4 Å². The van der Waals surface area contributed by atoms with Crippen molar-refractivity contribution in [2.75, 3.05) is 13.2 Å². The predicted octanol–water partition coefficient (Wildman–Crippen LogP) is 2.09. The predicted molar refractivity (Wildman–Crippen MR) is 62.1 cm³/mol. The van der Waals surface area contributed by atoms with Gasteiger partial charge in [0.05, 0.1) is 4.47 Å². The van der Waals surface area contributed by atoms with Gasteiger partial charge in [-0.2, -0.15) is 0 Å². The zero-order chi connectivity index (χ0) is 11.5. The number of aliphatic hydroxyl groups excluding tert-OH is 1. The second-order valence-electron chi connectivity index (χ2n) is 4.06. The summed E-state index contributed by atoms with van der Waals surface area (Å²) in [5.41, 5.74) is 6.02. The summed E-state index contributed by atoms with van der Waals surface area (Å²) < 4.78 is 13.7. The van der Waals surface area contributed by atoms with E-state index in [1.165, 1.54) is 6.07 Å². The molecule has 0 bridgehead atoms. The maximum Gasteiger partial charge on any atom is 0.137 e. The number of hydrogen-bond donors (Lipinski definition) is 2. The number of hydrogen-bond acceptors (Lipinski definition) is 2. The average Bonchev–Trinajstić information content (AvgIpc) is 2.25. The van der Waals surface area contributed by atoms with Crippen LogP contribution in [0.25, 0.3) is 0 Å². The summed E-state index contributed by atoms with van der Waals surface area (Å²) in [4.78, 5) is 0. The van der Waals surface area contributed by atoms with E-state index in [2.05, 4.69) is 15.9 Å². The van der Waals surface area contributed by atoms with E-state index in [-0.39, 0.29) is 12.4 Å². The molecule has 3 N–H and O–H groups in total. The molecule has 0 amide bonds. The van der Waals surface area contributed by atoms with Crippen LogP contribution < -0.4 is 5.73 Å². The van der Waals surface area contributed by atoms with Gasteiger partial charge in [-0.3, -0.25) is 0 Å². The fraction of sp³-hybridized carbons (Fsp3) is 0.455. The first-order valence-electron chi connectivity index (χ1n) is 4.76. The third kappa shape index (κ3) is 3.00. The first-order valence-corrected chi connectivity index (χ1v) is 5.55. The highest BCUT2D eigenvalue weighted by molar-refractivity contribution is 9.10. The molecule has 0 aliphatic rings. The molecular formula is C11H15BrFNO. The maximum absolute atomic E-state index is 13.2. The largest absolute Gasteiger partial charge is 0.396 e. The Hall–Kier alpha value is -0.450. The second kappa shape index (κ2) is 5.05. The van der Waals surface area contributed by atoms with Crippen molar-refractivity contribution in [3.8, 4) is 0 Å². The highest BCUT2D eigenvalue weighted by Crippen LogP contribution is 2.27. The highest BCUT2D eigenvalue weighted by Gasteiger charge is 2.23. The van der Waals surface area contributed by atoms with Crippen molar-refractivity contribution in [1.82, 2.24) is 0 Å². The van der Waals surface area contributed by atoms with Crippen LogP contribution in [0.4, 0.5) is 4.39 Å². The van der Waals surface area contributed by atoms with Gasteiger partial charge in [0, 0.05) is 18.6 Å². The summed E-state index contributed by atoms with van der Waals surface area (Å²) in [5.74, 6) is -0.287. The van der Waals surface area contributed by atoms with E-state index >= 15 is 0 Å². The van der Waals surface area contributed by atoms with Gasteiger partial charge in [0.25, 0.3) is 0 Å². The van der Waals surface area contributed by atoms with Gasteiger partial charge < -0.3 is 10.8 Å². The van der Waals surface area contributed by atoms with Crippen molar-refractivity contribution in [3.05, 3.63) is 34.1 Å². The van der Waals surface area contributed by atoms with Crippen molar-refractivity contribution in [2.24, 2.45) is 11.1 Å². The lowest BCUT2D eigenvalue weighted by molar-refractivity contribution is 0.149. The van der Waals surface area contributed by atoms with Gasteiger partial charge in [-0.15, -0.1) is 0 Å². The van der Waals surface area contributed by atoms with Crippen LogP contribution in [0, 0.1) is 11.2 Å². The summed E-state index contributed by atoms with van der Waals surface area (Å²) in [6.07, 6.45) is 0.554. The first-order chi connectivity index (χ1) is 7.02. The maximum atomic E-state index is 13.2. The van der Waals surface area contributed by atoms with E-state index in [1.807, 2.05) is 13.0 Å². The molecule has 1 unspecified atom stereocenters. The summed E-state index contributed by atoms with van der Waals surface area (Å²) in [6.45, 7) is 2.24. The van der Waals surface area contributed by atoms with E-state index in [0.717, 1.165) is 5.56 Å². The SMILES string of the molecule is CC(CN)(CO)Cc1cccc(F)c1Br. The Morgan fingerprint density at radius 3 is 2.73 bits per heavy atom. The molecule has 2 nitrogen and oxygen atoms in total. The van der Waals surface area contributed by atoms with Gasteiger partial charge in [0.15, 0.2) is 0 Å². The van der Waals surface area contributed by atoms with Gasteiger partial charge in [0.1, 0.15) is 5.82 Å². The zero-order valence-electron chi connectivity index (χ0n) is 8.63. The smallest absolute Gasteiger partial charge is 0.137 e. The van der Waals surface area contributed by atoms with Gasteiger partial charge >= 0.3 is 0 Å². The minimum Gasteiger partial charge on any atom is -0.396 e. The van der Waals surface area contributed by atoms with E-state index < -0.39 is 5.41 Å². The molecule has 1 rings (SSSR count). The molecule has 0 fully saturated rings. The summed E-state index contributed by atoms with van der Waals surface area (Å²) in [7, 11) is 0. The van der Waals surface area contributed by atoms with E-state index in [4.69, 9.17) is 5.73 Å². The van der Waals surface area contributed by atoms with Crippen molar-refractivity contribution < 1.29 is 9.50 Å². The summed E-state index contributed by atoms with van der Waals surface area (Å²) >= 11 is 3.19. The number of halogens is 2. The van der Waals surface area contributed by atoms with Crippen LogP contribution in [-0.2, 0) is 6.42 Å². The molecule has 0 aromatic heterocycles. The molecule has 0 radical (unpaired) electrons. The molecule has 4 heteroatoms. The Morgan fingerprint density at radius 2 is 2.20 bits per heavy atom. The average molecular weight is 276 g/mol. The van der Waals surface area contributed by atoms with Crippen LogP contribution in [0.15, 0.2) is 22.7 Å². The molecule has 0 heterocycles. The zero-order valence-corrected chi connectivity index (χ0v) is 10.2. The molecule has 1 atom stereocenters. The fourth-order valence-electron chi connectivity index (χ4n) is 1.34. The molecule has 0 saturated carbocycles. The molecule has 0 aliphatic carbocycles. The molecule has 84 valence electrons. The lowest BCUT2D eigenvalue weighted by atomic mass is 9.84. The molecule has 15 heavy (non-hydrogen) atoms. The minimum absolute atomic E-state index is 0.00749. The fourth-order valence-corrected chi connectivity index (χ4v) is 1.74. The second-order valence-corrected chi connectivity index (χ2v) is 4.86. The molecule has 1 aromatic carbocycles. The Bertz CT molecular complexity index is 339. The van der Waals surface area contributed by atoms with Gasteiger partial charge in [-0.25, -0.2) is 4.39 Å². The lowest BCUT2D eigenvalue weighted by Gasteiger charge is -2.25. The summed E-state index contributed by atoms with van der Waals surface area (Å²) in [5, 5.41) is 9.22. The number of nitrogens with two attached hydrogens (primary N) is 1. The quantitative estimate of drug-likeness (QED) is 0.884. The van der Waals surface area contributed by atoms with Gasteiger partial charge in [0.2, 0.25) is 0 Å². The van der Waals surface area contributed by atoms with E-state index in [9.17, 15) is 9.50 Å². The topological polar surface area (TPSA) is 46.2 Å². The van der Waals surface area contributed by atoms with Crippen molar-refractivity contribution in [2.45, 2.75) is 13.3 Å². The minimum atomic E-state index is -0.393. The van der Waals surface area contributed by atoms with Crippen molar-refractivity contribution in [1.29, 1.82) is 0 Å². The third-order valence-corrected chi connectivity index (χ3v) is 3.41. The van der Waals surface area contributed by atoms with Gasteiger partial charge in [-0.1, -0.05) is 19.1 Å². The normalized spacial score (nSPS) is 15.0. The van der Waals surface area contributed by atoms with Crippen LogP contribution >= 0.6 is 15.9 Å². The van der Waals surface area contributed by atoms with Crippen molar-refractivity contribution >= 4 is 15.9 Å². The van der Waals surface area contributed by atoms with Crippen LogP contribution in [0.5, 0.6) is 0 Å². The molecular weight excluding hydrogens is 261 g/mol. The Kier molecular flexibility index (Phi) is 4.25.